The molecular weight excluding hydrogens is 361 g/mol. The summed E-state index contributed by atoms with van der Waals surface area (Å²) in [6.45, 7) is 2.57. The zero-order valence-electron chi connectivity index (χ0n) is 15.2. The summed E-state index contributed by atoms with van der Waals surface area (Å²) in [6.07, 6.45) is 2.23. The number of rotatable bonds is 8. The number of halogens is 1. The summed E-state index contributed by atoms with van der Waals surface area (Å²) in [6, 6.07) is 16.4. The van der Waals surface area contributed by atoms with Crippen LogP contribution in [0.3, 0.4) is 0 Å². The Labute approximate surface area is 162 Å². The Kier molecular flexibility index (Phi) is 6.65. The average Bonchev–Trinajstić information content (AvgIpc) is 3.13. The number of thioether (sulfide) groups is 1. The van der Waals surface area contributed by atoms with Crippen LogP contribution in [0.25, 0.3) is 5.69 Å². The van der Waals surface area contributed by atoms with Crippen LogP contribution in [-0.4, -0.2) is 28.0 Å². The Bertz CT molecular complexity index is 878. The highest BCUT2D eigenvalue weighted by Crippen LogP contribution is 2.16. The van der Waals surface area contributed by atoms with Gasteiger partial charge in [0.25, 0.3) is 5.91 Å². The Morgan fingerprint density at radius 2 is 1.89 bits per heavy atom. The molecule has 27 heavy (non-hydrogen) atoms. The summed E-state index contributed by atoms with van der Waals surface area (Å²) >= 11 is 1.79. The first-order valence-corrected chi connectivity index (χ1v) is 10.1. The molecule has 3 rings (SSSR count). The summed E-state index contributed by atoms with van der Waals surface area (Å²) in [5.74, 6) is 1.35. The smallest absolute Gasteiger partial charge is 0.254 e. The fourth-order valence-electron chi connectivity index (χ4n) is 2.80. The van der Waals surface area contributed by atoms with Crippen molar-refractivity contribution in [2.45, 2.75) is 19.1 Å². The molecule has 0 radical (unpaired) electrons. The van der Waals surface area contributed by atoms with Crippen molar-refractivity contribution < 1.29 is 9.18 Å². The van der Waals surface area contributed by atoms with Crippen LogP contribution in [0.1, 0.15) is 28.5 Å². The maximum atomic E-state index is 13.1. The van der Waals surface area contributed by atoms with Crippen LogP contribution >= 0.6 is 11.8 Å². The third-order valence-electron chi connectivity index (χ3n) is 4.16. The van der Waals surface area contributed by atoms with Crippen molar-refractivity contribution >= 4 is 17.7 Å². The minimum Gasteiger partial charge on any atom is -0.351 e. The second-order valence-electron chi connectivity index (χ2n) is 6.04. The molecule has 1 aromatic heterocycles. The van der Waals surface area contributed by atoms with E-state index in [4.69, 9.17) is 0 Å². The lowest BCUT2D eigenvalue weighted by Crippen LogP contribution is -2.26. The number of nitrogens with zero attached hydrogens (tertiary/aromatic N) is 2. The van der Waals surface area contributed by atoms with E-state index in [1.807, 2.05) is 25.1 Å². The molecule has 0 aliphatic carbocycles. The average molecular weight is 383 g/mol. The van der Waals surface area contributed by atoms with Crippen LogP contribution < -0.4 is 5.32 Å². The van der Waals surface area contributed by atoms with Crippen LogP contribution in [0.5, 0.6) is 0 Å². The second kappa shape index (κ2) is 9.37. The van der Waals surface area contributed by atoms with Gasteiger partial charge in [0, 0.05) is 18.1 Å². The molecule has 4 nitrogen and oxygen atoms in total. The second-order valence-corrected chi connectivity index (χ2v) is 7.15. The number of carbonyl (C=O) groups is 1. The molecule has 0 saturated carbocycles. The molecule has 1 heterocycles. The molecule has 3 aromatic rings. The summed E-state index contributed by atoms with van der Waals surface area (Å²) in [7, 11) is 0. The zero-order valence-corrected chi connectivity index (χ0v) is 16.0. The fraction of sp³-hybridized carbons (Fsp3) is 0.238. The largest absolute Gasteiger partial charge is 0.351 e. The fourth-order valence-corrected chi connectivity index (χ4v) is 3.62. The Morgan fingerprint density at radius 3 is 2.59 bits per heavy atom. The first-order chi connectivity index (χ1) is 13.2. The van der Waals surface area contributed by atoms with Gasteiger partial charge in [-0.2, -0.15) is 16.9 Å². The van der Waals surface area contributed by atoms with E-state index in [1.54, 1.807) is 34.8 Å². The lowest BCUT2D eigenvalue weighted by Gasteiger charge is -2.09. The number of amides is 1. The Morgan fingerprint density at radius 1 is 1.15 bits per heavy atom. The lowest BCUT2D eigenvalue weighted by molar-refractivity contribution is 0.0955. The van der Waals surface area contributed by atoms with Crippen molar-refractivity contribution in [3.05, 3.63) is 83.4 Å². The normalized spacial score (nSPS) is 10.7. The molecule has 0 atom stereocenters. The SMILES string of the molecule is CCc1c(C(=O)NCCSCc2ccccc2)cnn1-c1ccc(F)cc1. The first-order valence-electron chi connectivity index (χ1n) is 8.91. The molecule has 6 heteroatoms. The van der Waals surface area contributed by atoms with Crippen molar-refractivity contribution in [1.29, 1.82) is 0 Å². The molecule has 0 spiro atoms. The van der Waals surface area contributed by atoms with Gasteiger partial charge in [0.05, 0.1) is 23.1 Å². The maximum absolute atomic E-state index is 13.1. The molecule has 0 aliphatic rings. The molecule has 0 aliphatic heterocycles. The van der Waals surface area contributed by atoms with E-state index in [0.29, 0.717) is 18.5 Å². The van der Waals surface area contributed by atoms with Crippen molar-refractivity contribution in [2.75, 3.05) is 12.3 Å². The van der Waals surface area contributed by atoms with Gasteiger partial charge in [0.15, 0.2) is 0 Å². The minimum absolute atomic E-state index is 0.125. The van der Waals surface area contributed by atoms with Gasteiger partial charge in [0.1, 0.15) is 5.82 Å². The number of hydrogen-bond acceptors (Lipinski definition) is 3. The summed E-state index contributed by atoms with van der Waals surface area (Å²) in [5.41, 5.74) is 3.40. The van der Waals surface area contributed by atoms with E-state index in [0.717, 1.165) is 22.9 Å². The predicted octanol–water partition coefficient (Wildman–Crippen LogP) is 4.24. The molecule has 0 saturated heterocycles. The van der Waals surface area contributed by atoms with E-state index >= 15 is 0 Å². The molecule has 1 amide bonds. The first kappa shape index (κ1) is 19.2. The molecule has 140 valence electrons. The van der Waals surface area contributed by atoms with Crippen molar-refractivity contribution in [1.82, 2.24) is 15.1 Å². The van der Waals surface area contributed by atoms with Crippen LogP contribution in [0, 0.1) is 5.82 Å². The third kappa shape index (κ3) is 4.98. The molecule has 0 unspecified atom stereocenters. The van der Waals surface area contributed by atoms with Gasteiger partial charge >= 0.3 is 0 Å². The summed E-state index contributed by atoms with van der Waals surface area (Å²) in [4.78, 5) is 12.5. The number of benzene rings is 2. The summed E-state index contributed by atoms with van der Waals surface area (Å²) < 4.78 is 14.8. The highest BCUT2D eigenvalue weighted by Gasteiger charge is 2.16. The number of nitrogens with one attached hydrogen (secondary N) is 1. The number of hydrogen-bond donors (Lipinski definition) is 1. The highest BCUT2D eigenvalue weighted by molar-refractivity contribution is 7.98. The topological polar surface area (TPSA) is 46.9 Å². The maximum Gasteiger partial charge on any atom is 0.254 e. The molecular formula is C21H22FN3OS. The highest BCUT2D eigenvalue weighted by atomic mass is 32.2. The molecule has 2 aromatic carbocycles. The van der Waals surface area contributed by atoms with Crippen LogP contribution in [-0.2, 0) is 12.2 Å². The van der Waals surface area contributed by atoms with Crippen molar-refractivity contribution in [3.63, 3.8) is 0 Å². The van der Waals surface area contributed by atoms with E-state index in [-0.39, 0.29) is 11.7 Å². The minimum atomic E-state index is -0.296. The van der Waals surface area contributed by atoms with Gasteiger partial charge in [-0.15, -0.1) is 0 Å². The van der Waals surface area contributed by atoms with E-state index in [9.17, 15) is 9.18 Å². The third-order valence-corrected chi connectivity index (χ3v) is 5.19. The van der Waals surface area contributed by atoms with E-state index in [2.05, 4.69) is 22.5 Å². The standard InChI is InChI=1S/C21H22FN3OS/c1-2-20-19(14-24-25(20)18-10-8-17(22)9-11-18)21(26)23-12-13-27-15-16-6-4-3-5-7-16/h3-11,14H,2,12-13,15H2,1H3,(H,23,26). The number of carbonyl (C=O) groups excluding carboxylic acids is 1. The van der Waals surface area contributed by atoms with Gasteiger partial charge in [0.2, 0.25) is 0 Å². The van der Waals surface area contributed by atoms with Crippen LogP contribution in [0.2, 0.25) is 0 Å². The van der Waals surface area contributed by atoms with E-state index < -0.39 is 0 Å². The quantitative estimate of drug-likeness (QED) is 0.592. The Balaban J connectivity index is 1.56. The van der Waals surface area contributed by atoms with Gasteiger partial charge in [-0.05, 0) is 36.2 Å². The van der Waals surface area contributed by atoms with Crippen LogP contribution in [0.4, 0.5) is 4.39 Å². The number of aromatic nitrogens is 2. The van der Waals surface area contributed by atoms with Crippen molar-refractivity contribution in [3.8, 4) is 5.69 Å². The monoisotopic (exact) mass is 383 g/mol. The van der Waals surface area contributed by atoms with E-state index in [1.165, 1.54) is 17.7 Å². The molecule has 1 N–H and O–H groups in total. The van der Waals surface area contributed by atoms with Crippen LogP contribution in [0.15, 0.2) is 60.8 Å². The summed E-state index contributed by atoms with van der Waals surface area (Å²) in [5, 5.41) is 7.28. The molecule has 0 fully saturated rings. The van der Waals surface area contributed by atoms with Gasteiger partial charge in [-0.3, -0.25) is 4.79 Å². The molecule has 0 bridgehead atoms. The van der Waals surface area contributed by atoms with Crippen molar-refractivity contribution in [2.24, 2.45) is 0 Å². The van der Waals surface area contributed by atoms with Gasteiger partial charge < -0.3 is 5.32 Å². The van der Waals surface area contributed by atoms with Gasteiger partial charge in [-0.25, -0.2) is 9.07 Å². The zero-order chi connectivity index (χ0) is 19.1. The predicted molar refractivity (Wildman–Crippen MR) is 108 cm³/mol. The van der Waals surface area contributed by atoms with Gasteiger partial charge in [-0.1, -0.05) is 37.3 Å². The lowest BCUT2D eigenvalue weighted by atomic mass is 10.2. The Hall–Kier alpha value is -2.60.